The van der Waals surface area contributed by atoms with E-state index in [0.717, 1.165) is 6.07 Å². The zero-order valence-corrected chi connectivity index (χ0v) is 8.46. The van der Waals surface area contributed by atoms with E-state index in [-0.39, 0.29) is 5.75 Å². The average molecular weight is 231 g/mol. The molecule has 0 bridgehead atoms. The lowest BCUT2D eigenvalue weighted by molar-refractivity contribution is -0.137. The molecule has 0 unspecified atom stereocenters. The third kappa shape index (κ3) is 3.27. The highest BCUT2D eigenvalue weighted by Gasteiger charge is 2.30. The van der Waals surface area contributed by atoms with E-state index in [1.165, 1.54) is 6.07 Å². The predicted octanol–water partition coefficient (Wildman–Crippen LogP) is 2.77. The molecule has 1 aromatic carbocycles. The summed E-state index contributed by atoms with van der Waals surface area (Å²) in [6.45, 7) is 0.456. The maximum absolute atomic E-state index is 12.3. The van der Waals surface area contributed by atoms with Gasteiger partial charge >= 0.3 is 6.18 Å². The highest BCUT2D eigenvalue weighted by molar-refractivity contribution is 5.57. The van der Waals surface area contributed by atoms with Gasteiger partial charge in [-0.25, -0.2) is 0 Å². The van der Waals surface area contributed by atoms with Crippen LogP contribution in [0.4, 0.5) is 13.2 Å². The van der Waals surface area contributed by atoms with E-state index >= 15 is 0 Å². The molecule has 5 heteroatoms. The molecule has 0 saturated heterocycles. The first-order valence-electron chi connectivity index (χ1n) is 4.72. The van der Waals surface area contributed by atoms with Crippen molar-refractivity contribution in [1.29, 1.82) is 0 Å². The van der Waals surface area contributed by atoms with E-state index in [1.807, 2.05) is 0 Å². The highest BCUT2D eigenvalue weighted by atomic mass is 19.4. The Hall–Kier alpha value is -1.49. The standard InChI is InChI=1S/C11H12F3NO/c12-11(13,14)9-5-4-8(10(16)7-9)3-1-2-6-15/h1,3-5,7,16H,2,6,15H2. The zero-order valence-electron chi connectivity index (χ0n) is 8.46. The Morgan fingerprint density at radius 3 is 2.50 bits per heavy atom. The van der Waals surface area contributed by atoms with Gasteiger partial charge in [-0.05, 0) is 25.1 Å². The normalized spacial score (nSPS) is 12.2. The van der Waals surface area contributed by atoms with E-state index in [0.29, 0.717) is 24.6 Å². The lowest BCUT2D eigenvalue weighted by Crippen LogP contribution is -2.04. The van der Waals surface area contributed by atoms with Crippen LogP contribution in [0.5, 0.6) is 5.75 Å². The number of halogens is 3. The molecule has 0 radical (unpaired) electrons. The second-order valence-electron chi connectivity index (χ2n) is 3.25. The maximum atomic E-state index is 12.3. The van der Waals surface area contributed by atoms with Gasteiger partial charge in [0.25, 0.3) is 0 Å². The monoisotopic (exact) mass is 231 g/mol. The number of phenols is 1. The smallest absolute Gasteiger partial charge is 0.416 e. The molecule has 0 aromatic heterocycles. The van der Waals surface area contributed by atoms with Gasteiger partial charge in [0.15, 0.2) is 0 Å². The minimum absolute atomic E-state index is 0.349. The Morgan fingerprint density at radius 1 is 1.31 bits per heavy atom. The molecule has 0 aliphatic carbocycles. The molecule has 3 N–H and O–H groups in total. The van der Waals surface area contributed by atoms with Gasteiger partial charge in [0.2, 0.25) is 0 Å². The highest BCUT2D eigenvalue weighted by Crippen LogP contribution is 2.32. The summed E-state index contributed by atoms with van der Waals surface area (Å²) in [7, 11) is 0. The first-order chi connectivity index (χ1) is 7.45. The van der Waals surface area contributed by atoms with Crippen molar-refractivity contribution < 1.29 is 18.3 Å². The molecule has 16 heavy (non-hydrogen) atoms. The van der Waals surface area contributed by atoms with Crippen molar-refractivity contribution in [2.24, 2.45) is 5.73 Å². The van der Waals surface area contributed by atoms with Crippen LogP contribution < -0.4 is 5.73 Å². The molecule has 88 valence electrons. The van der Waals surface area contributed by atoms with Gasteiger partial charge in [-0.1, -0.05) is 18.2 Å². The summed E-state index contributed by atoms with van der Waals surface area (Å²) < 4.78 is 36.8. The van der Waals surface area contributed by atoms with Crippen molar-refractivity contribution in [3.63, 3.8) is 0 Å². The van der Waals surface area contributed by atoms with Gasteiger partial charge in [0.05, 0.1) is 5.56 Å². The van der Waals surface area contributed by atoms with Crippen LogP contribution in [0.25, 0.3) is 6.08 Å². The third-order valence-corrected chi connectivity index (χ3v) is 1.99. The number of hydrogen-bond acceptors (Lipinski definition) is 2. The van der Waals surface area contributed by atoms with E-state index < -0.39 is 11.7 Å². The third-order valence-electron chi connectivity index (χ3n) is 1.99. The quantitative estimate of drug-likeness (QED) is 0.840. The molecule has 0 atom stereocenters. The van der Waals surface area contributed by atoms with Crippen LogP contribution in [-0.2, 0) is 6.18 Å². The number of rotatable bonds is 3. The van der Waals surface area contributed by atoms with Crippen LogP contribution in [-0.4, -0.2) is 11.7 Å². The number of phenolic OH excluding ortho intramolecular Hbond substituents is 1. The van der Waals surface area contributed by atoms with E-state index in [4.69, 9.17) is 5.73 Å². The maximum Gasteiger partial charge on any atom is 0.416 e. The van der Waals surface area contributed by atoms with Crippen LogP contribution in [0.15, 0.2) is 24.3 Å². The Bertz CT molecular complexity index is 385. The Labute approximate surface area is 91.2 Å². The van der Waals surface area contributed by atoms with Gasteiger partial charge < -0.3 is 10.8 Å². The SMILES string of the molecule is NCCC=Cc1ccc(C(F)(F)F)cc1O. The molecule has 0 aliphatic heterocycles. The predicted molar refractivity (Wildman–Crippen MR) is 55.8 cm³/mol. The van der Waals surface area contributed by atoms with Crippen molar-refractivity contribution >= 4 is 6.08 Å². The van der Waals surface area contributed by atoms with Crippen molar-refractivity contribution in [3.05, 3.63) is 35.4 Å². The number of alkyl halides is 3. The van der Waals surface area contributed by atoms with Gasteiger partial charge in [0, 0.05) is 5.56 Å². The Balaban J connectivity index is 2.92. The first kappa shape index (κ1) is 12.6. The lowest BCUT2D eigenvalue weighted by Gasteiger charge is -2.07. The van der Waals surface area contributed by atoms with Crippen molar-refractivity contribution in [2.75, 3.05) is 6.54 Å². The van der Waals surface area contributed by atoms with Crippen LogP contribution in [0.2, 0.25) is 0 Å². The summed E-state index contributed by atoms with van der Waals surface area (Å²) in [5, 5.41) is 9.37. The summed E-state index contributed by atoms with van der Waals surface area (Å²) in [6, 6.07) is 2.87. The van der Waals surface area contributed by atoms with Crippen LogP contribution >= 0.6 is 0 Å². The molecular formula is C11H12F3NO. The van der Waals surface area contributed by atoms with Crippen molar-refractivity contribution in [3.8, 4) is 5.75 Å². The van der Waals surface area contributed by atoms with Crippen molar-refractivity contribution in [1.82, 2.24) is 0 Å². The first-order valence-corrected chi connectivity index (χ1v) is 4.72. The average Bonchev–Trinajstić information content (AvgIpc) is 2.19. The topological polar surface area (TPSA) is 46.2 Å². The molecule has 0 fully saturated rings. The van der Waals surface area contributed by atoms with Gasteiger partial charge in [-0.3, -0.25) is 0 Å². The van der Waals surface area contributed by atoms with Gasteiger partial charge in [-0.2, -0.15) is 13.2 Å². The summed E-state index contributed by atoms with van der Waals surface area (Å²) in [6.07, 6.45) is -0.581. The lowest BCUT2D eigenvalue weighted by atomic mass is 10.1. The molecule has 0 heterocycles. The molecule has 1 aromatic rings. The second-order valence-corrected chi connectivity index (χ2v) is 3.25. The summed E-state index contributed by atoms with van der Waals surface area (Å²) in [5.41, 5.74) is 4.74. The minimum Gasteiger partial charge on any atom is -0.507 e. The molecule has 0 saturated carbocycles. The molecule has 0 amide bonds. The molecule has 0 spiro atoms. The molecule has 1 rings (SSSR count). The number of nitrogens with two attached hydrogens (primary N) is 1. The van der Waals surface area contributed by atoms with Crippen LogP contribution in [0.3, 0.4) is 0 Å². The van der Waals surface area contributed by atoms with Gasteiger partial charge in [-0.15, -0.1) is 0 Å². The minimum atomic E-state index is -4.43. The second kappa shape index (κ2) is 5.03. The summed E-state index contributed by atoms with van der Waals surface area (Å²) in [4.78, 5) is 0. The largest absolute Gasteiger partial charge is 0.507 e. The molecular weight excluding hydrogens is 219 g/mol. The number of aromatic hydroxyl groups is 1. The fourth-order valence-corrected chi connectivity index (χ4v) is 1.17. The molecule has 2 nitrogen and oxygen atoms in total. The fourth-order valence-electron chi connectivity index (χ4n) is 1.17. The summed E-state index contributed by atoms with van der Waals surface area (Å²) in [5.74, 6) is -0.386. The van der Waals surface area contributed by atoms with Crippen molar-refractivity contribution in [2.45, 2.75) is 12.6 Å². The summed E-state index contributed by atoms with van der Waals surface area (Å²) >= 11 is 0. The molecule has 0 aliphatic rings. The number of benzene rings is 1. The fraction of sp³-hybridized carbons (Fsp3) is 0.273. The Kier molecular flexibility index (Phi) is 3.95. The van der Waals surface area contributed by atoms with Crippen LogP contribution in [0.1, 0.15) is 17.5 Å². The van der Waals surface area contributed by atoms with E-state index in [1.54, 1.807) is 12.2 Å². The number of hydrogen-bond donors (Lipinski definition) is 2. The zero-order chi connectivity index (χ0) is 12.2. The van der Waals surface area contributed by atoms with E-state index in [9.17, 15) is 18.3 Å². The Morgan fingerprint density at radius 2 is 2.00 bits per heavy atom. The van der Waals surface area contributed by atoms with Crippen LogP contribution in [0, 0.1) is 0 Å². The van der Waals surface area contributed by atoms with Gasteiger partial charge in [0.1, 0.15) is 5.75 Å². The van der Waals surface area contributed by atoms with E-state index in [2.05, 4.69) is 0 Å².